The molecule has 0 spiro atoms. The number of rotatable bonds is 7. The van der Waals surface area contributed by atoms with Gasteiger partial charge in [0, 0.05) is 11.8 Å². The van der Waals surface area contributed by atoms with E-state index in [9.17, 15) is 14.9 Å². The number of nitro groups is 1. The van der Waals surface area contributed by atoms with Gasteiger partial charge in [0.25, 0.3) is 5.69 Å². The number of nitro benzene ring substituents is 1. The molecule has 0 bridgehead atoms. The molecule has 1 N–H and O–H groups in total. The number of carbonyl (C=O) groups is 1. The van der Waals surface area contributed by atoms with Gasteiger partial charge in [-0.1, -0.05) is 13.3 Å². The van der Waals surface area contributed by atoms with E-state index in [-0.39, 0.29) is 16.9 Å². The third-order valence-corrected chi connectivity index (χ3v) is 3.72. The molecule has 0 saturated carbocycles. The Morgan fingerprint density at radius 2 is 2.00 bits per heavy atom. The van der Waals surface area contributed by atoms with Crippen LogP contribution in [0.25, 0.3) is 11.0 Å². The Morgan fingerprint density at radius 3 is 2.69 bits per heavy atom. The fourth-order valence-corrected chi connectivity index (χ4v) is 2.34. The number of nitrogens with zero attached hydrogens (tertiary/aromatic N) is 3. The van der Waals surface area contributed by atoms with Crippen molar-refractivity contribution in [3.05, 3.63) is 52.1 Å². The number of benzene rings is 2. The summed E-state index contributed by atoms with van der Waals surface area (Å²) in [5.41, 5.74) is 1.62. The second-order valence-corrected chi connectivity index (χ2v) is 5.54. The highest BCUT2D eigenvalue weighted by atomic mass is 16.6. The van der Waals surface area contributed by atoms with Crippen LogP contribution in [0.4, 0.5) is 17.1 Å². The zero-order valence-electron chi connectivity index (χ0n) is 14.0. The van der Waals surface area contributed by atoms with Crippen LogP contribution in [0.15, 0.2) is 41.0 Å². The fourth-order valence-electron chi connectivity index (χ4n) is 2.34. The summed E-state index contributed by atoms with van der Waals surface area (Å²) < 4.78 is 9.80. The standard InChI is InChI=1S/C17H16N4O5/c1-2-3-10-25-17(22)11-4-6-12(7-5-11)18-16-14(21(23)24)9-8-13-15(16)20-26-19-13/h4-9,18H,2-3,10H2,1H3. The first kappa shape index (κ1) is 17.3. The van der Waals surface area contributed by atoms with Crippen molar-refractivity contribution < 1.29 is 19.1 Å². The SMILES string of the molecule is CCCCOC(=O)c1ccc(Nc2c([N+](=O)[O-])ccc3nonc23)cc1. The third kappa shape index (κ3) is 3.61. The maximum Gasteiger partial charge on any atom is 0.338 e. The monoisotopic (exact) mass is 356 g/mol. The maximum absolute atomic E-state index is 11.9. The Labute approximate surface area is 148 Å². The molecule has 3 rings (SSSR count). The summed E-state index contributed by atoms with van der Waals surface area (Å²) in [5.74, 6) is -0.404. The van der Waals surface area contributed by atoms with Crippen LogP contribution in [0, 0.1) is 10.1 Å². The quantitative estimate of drug-likeness (QED) is 0.293. The summed E-state index contributed by atoms with van der Waals surface area (Å²) in [7, 11) is 0. The predicted molar refractivity (Wildman–Crippen MR) is 93.4 cm³/mol. The van der Waals surface area contributed by atoms with Crippen molar-refractivity contribution in [3.8, 4) is 0 Å². The Hall–Kier alpha value is -3.49. The predicted octanol–water partition coefficient (Wildman–Crippen LogP) is 3.83. The van der Waals surface area contributed by atoms with Gasteiger partial charge in [-0.2, -0.15) is 0 Å². The molecule has 2 aromatic carbocycles. The molecular weight excluding hydrogens is 340 g/mol. The van der Waals surface area contributed by atoms with Gasteiger partial charge in [0.1, 0.15) is 11.2 Å². The molecule has 0 unspecified atom stereocenters. The molecule has 9 nitrogen and oxygen atoms in total. The molecule has 0 fully saturated rings. The number of nitrogens with one attached hydrogen (secondary N) is 1. The topological polar surface area (TPSA) is 120 Å². The number of ether oxygens (including phenoxy) is 1. The van der Waals surface area contributed by atoms with Crippen molar-refractivity contribution in [2.24, 2.45) is 0 Å². The van der Waals surface area contributed by atoms with Gasteiger partial charge in [0.05, 0.1) is 17.1 Å². The van der Waals surface area contributed by atoms with Crippen molar-refractivity contribution in [1.29, 1.82) is 0 Å². The second kappa shape index (κ2) is 7.60. The van der Waals surface area contributed by atoms with Gasteiger partial charge < -0.3 is 10.1 Å². The van der Waals surface area contributed by atoms with Gasteiger partial charge in [0.15, 0.2) is 5.52 Å². The Balaban J connectivity index is 1.82. The number of unbranched alkanes of at least 4 members (excludes halogenated alkanes) is 1. The largest absolute Gasteiger partial charge is 0.462 e. The average molecular weight is 356 g/mol. The van der Waals surface area contributed by atoms with Gasteiger partial charge in [-0.15, -0.1) is 0 Å². The van der Waals surface area contributed by atoms with Crippen molar-refractivity contribution in [2.45, 2.75) is 19.8 Å². The summed E-state index contributed by atoms with van der Waals surface area (Å²) in [4.78, 5) is 22.7. The van der Waals surface area contributed by atoms with Crippen LogP contribution in [0.2, 0.25) is 0 Å². The van der Waals surface area contributed by atoms with Crippen LogP contribution in [0.3, 0.4) is 0 Å². The molecule has 9 heteroatoms. The van der Waals surface area contributed by atoms with E-state index in [1.165, 1.54) is 12.1 Å². The molecule has 26 heavy (non-hydrogen) atoms. The lowest BCUT2D eigenvalue weighted by atomic mass is 10.2. The van der Waals surface area contributed by atoms with E-state index in [0.29, 0.717) is 23.4 Å². The lowest BCUT2D eigenvalue weighted by Crippen LogP contribution is -2.06. The van der Waals surface area contributed by atoms with Gasteiger partial charge in [-0.25, -0.2) is 9.42 Å². The third-order valence-electron chi connectivity index (χ3n) is 3.72. The van der Waals surface area contributed by atoms with E-state index >= 15 is 0 Å². The number of hydrogen-bond acceptors (Lipinski definition) is 8. The molecule has 1 aromatic heterocycles. The maximum atomic E-state index is 11.9. The minimum atomic E-state index is -0.518. The average Bonchev–Trinajstić information content (AvgIpc) is 3.11. The summed E-state index contributed by atoms with van der Waals surface area (Å²) in [6.07, 6.45) is 1.75. The smallest absolute Gasteiger partial charge is 0.338 e. The van der Waals surface area contributed by atoms with Gasteiger partial charge in [0.2, 0.25) is 0 Å². The van der Waals surface area contributed by atoms with Crippen molar-refractivity contribution in [1.82, 2.24) is 10.3 Å². The minimum absolute atomic E-state index is 0.156. The van der Waals surface area contributed by atoms with Gasteiger partial charge in [-0.05, 0) is 47.1 Å². The Kier molecular flexibility index (Phi) is 5.07. The van der Waals surface area contributed by atoms with E-state index in [4.69, 9.17) is 4.74 Å². The molecule has 0 radical (unpaired) electrons. The van der Waals surface area contributed by atoms with Gasteiger partial charge >= 0.3 is 5.97 Å². The molecule has 0 aliphatic carbocycles. The number of aromatic nitrogens is 2. The highest BCUT2D eigenvalue weighted by molar-refractivity contribution is 5.95. The second-order valence-electron chi connectivity index (χ2n) is 5.54. The van der Waals surface area contributed by atoms with Crippen molar-refractivity contribution in [3.63, 3.8) is 0 Å². The molecule has 3 aromatic rings. The molecule has 0 saturated heterocycles. The molecule has 134 valence electrons. The molecule has 0 amide bonds. The number of hydrogen-bond donors (Lipinski definition) is 1. The van der Waals surface area contributed by atoms with Crippen molar-refractivity contribution >= 4 is 34.1 Å². The van der Waals surface area contributed by atoms with Crippen LogP contribution in [0.5, 0.6) is 0 Å². The molecule has 1 heterocycles. The van der Waals surface area contributed by atoms with E-state index in [0.717, 1.165) is 12.8 Å². The van der Waals surface area contributed by atoms with Gasteiger partial charge in [-0.3, -0.25) is 10.1 Å². The highest BCUT2D eigenvalue weighted by Crippen LogP contribution is 2.33. The molecule has 0 atom stereocenters. The van der Waals surface area contributed by atoms with Crippen molar-refractivity contribution in [2.75, 3.05) is 11.9 Å². The first-order valence-electron chi connectivity index (χ1n) is 8.04. The van der Waals surface area contributed by atoms with Crippen LogP contribution in [0.1, 0.15) is 30.1 Å². The number of carbonyl (C=O) groups excluding carboxylic acids is 1. The van der Waals surface area contributed by atoms with E-state index in [2.05, 4.69) is 20.3 Å². The normalized spacial score (nSPS) is 10.7. The molecular formula is C17H16N4O5. The summed E-state index contributed by atoms with van der Waals surface area (Å²) in [5, 5.41) is 21.6. The van der Waals surface area contributed by atoms with E-state index in [1.54, 1.807) is 24.3 Å². The molecule has 0 aliphatic heterocycles. The summed E-state index contributed by atoms with van der Waals surface area (Å²) in [6.45, 7) is 2.39. The van der Waals surface area contributed by atoms with Crippen LogP contribution < -0.4 is 5.32 Å². The lowest BCUT2D eigenvalue weighted by Gasteiger charge is -2.08. The van der Waals surface area contributed by atoms with E-state index < -0.39 is 10.9 Å². The highest BCUT2D eigenvalue weighted by Gasteiger charge is 2.20. The zero-order valence-corrected chi connectivity index (χ0v) is 14.0. The fraction of sp³-hybridized carbons (Fsp3) is 0.235. The van der Waals surface area contributed by atoms with Crippen LogP contribution in [-0.4, -0.2) is 27.8 Å². The Bertz CT molecular complexity index is 936. The summed E-state index contributed by atoms with van der Waals surface area (Å²) in [6, 6.07) is 9.23. The number of esters is 1. The first-order chi connectivity index (χ1) is 12.6. The van der Waals surface area contributed by atoms with E-state index in [1.807, 2.05) is 6.92 Å². The zero-order chi connectivity index (χ0) is 18.5. The number of anilines is 2. The molecule has 0 aliphatic rings. The van der Waals surface area contributed by atoms with Crippen LogP contribution in [-0.2, 0) is 4.74 Å². The number of fused-ring (bicyclic) bond motifs is 1. The Morgan fingerprint density at radius 1 is 1.23 bits per heavy atom. The first-order valence-corrected chi connectivity index (χ1v) is 8.04. The minimum Gasteiger partial charge on any atom is -0.462 e. The summed E-state index contributed by atoms with van der Waals surface area (Å²) >= 11 is 0. The van der Waals surface area contributed by atoms with Crippen LogP contribution >= 0.6 is 0 Å². The lowest BCUT2D eigenvalue weighted by molar-refractivity contribution is -0.383.